The molecule has 0 bridgehead atoms. The molecule has 0 aliphatic rings. The number of aromatic nitrogens is 1. The van der Waals surface area contributed by atoms with Crippen LogP contribution in [0.2, 0.25) is 0 Å². The van der Waals surface area contributed by atoms with E-state index in [1.807, 2.05) is 13.0 Å². The van der Waals surface area contributed by atoms with Crippen LogP contribution in [0.25, 0.3) is 11.3 Å². The van der Waals surface area contributed by atoms with E-state index in [4.69, 9.17) is 9.47 Å². The molecule has 1 amide bonds. The van der Waals surface area contributed by atoms with Crippen molar-refractivity contribution in [1.29, 1.82) is 0 Å². The Hall–Kier alpha value is -3.39. The van der Waals surface area contributed by atoms with Crippen LogP contribution in [-0.4, -0.2) is 31.2 Å². The number of nitrogens with one attached hydrogen (secondary N) is 1. The molecule has 3 aromatic rings. The van der Waals surface area contributed by atoms with E-state index in [1.54, 1.807) is 37.6 Å². The second kappa shape index (κ2) is 9.61. The summed E-state index contributed by atoms with van der Waals surface area (Å²) in [5, 5.41) is 2.78. The fourth-order valence-corrected chi connectivity index (χ4v) is 2.92. The number of rotatable bonds is 7. The summed E-state index contributed by atoms with van der Waals surface area (Å²) in [6.07, 6.45) is -2.84. The first-order valence-corrected chi connectivity index (χ1v) is 9.47. The molecule has 0 aliphatic heterocycles. The lowest BCUT2D eigenvalue weighted by atomic mass is 10.0. The van der Waals surface area contributed by atoms with Crippen LogP contribution >= 0.6 is 0 Å². The van der Waals surface area contributed by atoms with Crippen molar-refractivity contribution in [3.8, 4) is 22.8 Å². The number of nitrogens with zero attached hydrogens (tertiary/aromatic N) is 1. The molecule has 0 unspecified atom stereocenters. The predicted molar refractivity (Wildman–Crippen MR) is 110 cm³/mol. The molecule has 3 rings (SSSR count). The topological polar surface area (TPSA) is 60.5 Å². The van der Waals surface area contributed by atoms with Gasteiger partial charge in [0.25, 0.3) is 5.91 Å². The van der Waals surface area contributed by atoms with Crippen LogP contribution in [0.1, 0.15) is 21.5 Å². The lowest BCUT2D eigenvalue weighted by molar-refractivity contribution is -0.137. The minimum atomic E-state index is -4.40. The number of amides is 1. The Balaban J connectivity index is 1.75. The summed E-state index contributed by atoms with van der Waals surface area (Å²) < 4.78 is 48.7. The van der Waals surface area contributed by atoms with Crippen LogP contribution in [0.3, 0.4) is 0 Å². The first kappa shape index (κ1) is 22.3. The van der Waals surface area contributed by atoms with E-state index in [-0.39, 0.29) is 11.7 Å². The summed E-state index contributed by atoms with van der Waals surface area (Å²) in [7, 11) is 1.56. The molecule has 0 radical (unpaired) electrons. The van der Waals surface area contributed by atoms with Gasteiger partial charge in [0.15, 0.2) is 0 Å². The molecule has 0 fully saturated rings. The minimum absolute atomic E-state index is 0.187. The van der Waals surface area contributed by atoms with E-state index in [0.717, 1.165) is 23.3 Å². The number of ether oxygens (including phenoxy) is 2. The Morgan fingerprint density at radius 3 is 2.42 bits per heavy atom. The second-order valence-electron chi connectivity index (χ2n) is 6.78. The number of carbonyl (C=O) groups excluding carboxylic acids is 1. The smallest absolute Gasteiger partial charge is 0.416 e. The van der Waals surface area contributed by atoms with Gasteiger partial charge in [-0.1, -0.05) is 6.07 Å². The maximum absolute atomic E-state index is 12.7. The van der Waals surface area contributed by atoms with Crippen molar-refractivity contribution < 1.29 is 27.4 Å². The molecular weight excluding hydrogens is 409 g/mol. The van der Waals surface area contributed by atoms with E-state index in [1.165, 1.54) is 12.1 Å². The zero-order valence-corrected chi connectivity index (χ0v) is 17.0. The summed E-state index contributed by atoms with van der Waals surface area (Å²) in [6, 6.07) is 13.1. The second-order valence-corrected chi connectivity index (χ2v) is 6.78. The third kappa shape index (κ3) is 5.82. The van der Waals surface area contributed by atoms with Crippen LogP contribution in [0.15, 0.2) is 60.8 Å². The number of halogens is 3. The molecule has 0 aliphatic carbocycles. The Bertz CT molecular complexity index is 1050. The first-order chi connectivity index (χ1) is 14.8. The highest BCUT2D eigenvalue weighted by molar-refractivity contribution is 5.96. The van der Waals surface area contributed by atoms with Crippen molar-refractivity contribution in [3.05, 3.63) is 77.5 Å². The van der Waals surface area contributed by atoms with Gasteiger partial charge >= 0.3 is 6.18 Å². The van der Waals surface area contributed by atoms with Gasteiger partial charge in [0.2, 0.25) is 0 Å². The van der Waals surface area contributed by atoms with Gasteiger partial charge in [-0.2, -0.15) is 13.2 Å². The fraction of sp³-hybridized carbons (Fsp3) is 0.217. The Kier molecular flexibility index (Phi) is 6.91. The minimum Gasteiger partial charge on any atom is -0.457 e. The number of carbonyl (C=O) groups is 1. The molecule has 8 heteroatoms. The maximum atomic E-state index is 12.7. The molecule has 1 aromatic heterocycles. The van der Waals surface area contributed by atoms with E-state index in [2.05, 4.69) is 10.3 Å². The summed E-state index contributed by atoms with van der Waals surface area (Å²) in [5.41, 5.74) is 1.99. The summed E-state index contributed by atoms with van der Waals surface area (Å²) >= 11 is 0. The molecule has 1 heterocycles. The van der Waals surface area contributed by atoms with Gasteiger partial charge in [-0.25, -0.2) is 0 Å². The zero-order chi connectivity index (χ0) is 22.4. The summed E-state index contributed by atoms with van der Waals surface area (Å²) in [6.45, 7) is 2.68. The largest absolute Gasteiger partial charge is 0.457 e. The van der Waals surface area contributed by atoms with Gasteiger partial charge in [0.05, 0.1) is 17.9 Å². The predicted octanol–water partition coefficient (Wildman–Crippen LogP) is 5.24. The zero-order valence-electron chi connectivity index (χ0n) is 17.0. The van der Waals surface area contributed by atoms with E-state index >= 15 is 0 Å². The monoisotopic (exact) mass is 430 g/mol. The van der Waals surface area contributed by atoms with Crippen LogP contribution in [0, 0.1) is 6.92 Å². The molecule has 162 valence electrons. The summed E-state index contributed by atoms with van der Waals surface area (Å²) in [4.78, 5) is 16.6. The molecular formula is C23H21F3N2O3. The molecule has 0 saturated carbocycles. The highest BCUT2D eigenvalue weighted by Gasteiger charge is 2.30. The Morgan fingerprint density at radius 1 is 1.03 bits per heavy atom. The quantitative estimate of drug-likeness (QED) is 0.521. The van der Waals surface area contributed by atoms with Crippen LogP contribution in [0.4, 0.5) is 13.2 Å². The molecule has 0 spiro atoms. The standard InChI is InChI=1S/C23H21F3N2O3/c1-15-13-16(3-8-20(15)22(29)28-11-12-30-2)21-14-19(9-10-27-21)31-18-6-4-17(5-7-18)23(24,25)26/h3-10,13-14H,11-12H2,1-2H3,(H,28,29). The number of pyridine rings is 1. The Morgan fingerprint density at radius 2 is 1.77 bits per heavy atom. The van der Waals surface area contributed by atoms with Crippen molar-refractivity contribution >= 4 is 5.91 Å². The van der Waals surface area contributed by atoms with E-state index < -0.39 is 11.7 Å². The van der Waals surface area contributed by atoms with Gasteiger partial charge in [-0.15, -0.1) is 0 Å². The van der Waals surface area contributed by atoms with Crippen molar-refractivity contribution in [2.75, 3.05) is 20.3 Å². The average Bonchev–Trinajstić information content (AvgIpc) is 2.73. The molecule has 5 nitrogen and oxygen atoms in total. The Labute approximate surface area is 177 Å². The van der Waals surface area contributed by atoms with Gasteiger partial charge in [-0.05, 0) is 55.0 Å². The van der Waals surface area contributed by atoms with Crippen molar-refractivity contribution in [3.63, 3.8) is 0 Å². The number of benzene rings is 2. The van der Waals surface area contributed by atoms with Gasteiger partial charge < -0.3 is 14.8 Å². The summed E-state index contributed by atoms with van der Waals surface area (Å²) in [5.74, 6) is 0.529. The first-order valence-electron chi connectivity index (χ1n) is 9.47. The SMILES string of the molecule is COCCNC(=O)c1ccc(-c2cc(Oc3ccc(C(F)(F)F)cc3)ccn2)cc1C. The average molecular weight is 430 g/mol. The number of hydrogen-bond acceptors (Lipinski definition) is 4. The maximum Gasteiger partial charge on any atom is 0.416 e. The third-order valence-electron chi connectivity index (χ3n) is 4.51. The fourth-order valence-electron chi connectivity index (χ4n) is 2.92. The van der Waals surface area contributed by atoms with Crippen molar-refractivity contribution in [2.24, 2.45) is 0 Å². The highest BCUT2D eigenvalue weighted by Crippen LogP contribution is 2.32. The molecule has 1 N–H and O–H groups in total. The number of hydrogen-bond donors (Lipinski definition) is 1. The van der Waals surface area contributed by atoms with Crippen LogP contribution < -0.4 is 10.1 Å². The van der Waals surface area contributed by atoms with E-state index in [9.17, 15) is 18.0 Å². The van der Waals surface area contributed by atoms with Crippen LogP contribution in [-0.2, 0) is 10.9 Å². The van der Waals surface area contributed by atoms with Crippen molar-refractivity contribution in [1.82, 2.24) is 10.3 Å². The normalized spacial score (nSPS) is 11.3. The number of methoxy groups -OCH3 is 1. The van der Waals surface area contributed by atoms with Gasteiger partial charge in [0.1, 0.15) is 11.5 Å². The van der Waals surface area contributed by atoms with Crippen molar-refractivity contribution in [2.45, 2.75) is 13.1 Å². The van der Waals surface area contributed by atoms with Gasteiger partial charge in [-0.3, -0.25) is 9.78 Å². The van der Waals surface area contributed by atoms with Gasteiger partial charge in [0, 0.05) is 37.0 Å². The highest BCUT2D eigenvalue weighted by atomic mass is 19.4. The third-order valence-corrected chi connectivity index (χ3v) is 4.51. The molecule has 0 atom stereocenters. The molecule has 2 aromatic carbocycles. The van der Waals surface area contributed by atoms with E-state index in [0.29, 0.717) is 30.2 Å². The van der Waals surface area contributed by atoms with Crippen LogP contribution in [0.5, 0.6) is 11.5 Å². The number of aryl methyl sites for hydroxylation is 1. The molecule has 31 heavy (non-hydrogen) atoms. The lowest BCUT2D eigenvalue weighted by Gasteiger charge is -2.11. The molecule has 0 saturated heterocycles. The number of alkyl halides is 3. The lowest BCUT2D eigenvalue weighted by Crippen LogP contribution is -2.27.